The number of nitrogen functional groups attached to an aromatic ring is 1. The molecule has 0 aromatic heterocycles. The number of amides is 1. The van der Waals surface area contributed by atoms with Crippen molar-refractivity contribution in [3.05, 3.63) is 29.3 Å². The molecule has 0 heterocycles. The van der Waals surface area contributed by atoms with Gasteiger partial charge in [-0.05, 0) is 95.0 Å². The van der Waals surface area contributed by atoms with Gasteiger partial charge in [-0.3, -0.25) is 4.79 Å². The maximum Gasteiger partial charge on any atom is 0.418 e. The van der Waals surface area contributed by atoms with Gasteiger partial charge in [0.1, 0.15) is 0 Å². The molecule has 0 atom stereocenters. The summed E-state index contributed by atoms with van der Waals surface area (Å²) in [5.41, 5.74) is 5.07. The molecule has 3 aliphatic rings. The summed E-state index contributed by atoms with van der Waals surface area (Å²) in [6.07, 6.45) is 7.26. The van der Waals surface area contributed by atoms with E-state index in [0.717, 1.165) is 70.0 Å². The van der Waals surface area contributed by atoms with Gasteiger partial charge in [0.15, 0.2) is 0 Å². The smallest absolute Gasteiger partial charge is 0.398 e. The largest absolute Gasteiger partial charge is 0.418 e. The first-order valence-electron chi connectivity index (χ1n) is 12.1. The van der Waals surface area contributed by atoms with Crippen LogP contribution in [-0.2, 0) is 17.4 Å². The zero-order valence-corrected chi connectivity index (χ0v) is 19.3. The number of nitrogens with zero attached hydrogens (tertiary/aromatic N) is 1. The van der Waals surface area contributed by atoms with Crippen LogP contribution in [0.5, 0.6) is 0 Å². The van der Waals surface area contributed by atoms with E-state index < -0.39 is 11.7 Å². The molecule has 3 saturated carbocycles. The Kier molecular flexibility index (Phi) is 8.48. The molecule has 180 valence electrons. The molecular weight excluding hydrogens is 415 g/mol. The van der Waals surface area contributed by atoms with Crippen LogP contribution in [0.3, 0.4) is 0 Å². The minimum atomic E-state index is -4.42. The van der Waals surface area contributed by atoms with Gasteiger partial charge in [0.05, 0.1) is 5.56 Å². The number of rotatable bonds is 11. The summed E-state index contributed by atoms with van der Waals surface area (Å²) in [6, 6.07) is 4.18. The topological polar surface area (TPSA) is 58.4 Å². The fraction of sp³-hybridized carbons (Fsp3) is 0.720. The number of fused-ring (bicyclic) bond motifs is 3. The summed E-state index contributed by atoms with van der Waals surface area (Å²) in [5.74, 6) is 1.15. The van der Waals surface area contributed by atoms with Crippen LogP contribution >= 0.6 is 0 Å². The lowest BCUT2D eigenvalue weighted by molar-refractivity contribution is -0.137. The summed E-state index contributed by atoms with van der Waals surface area (Å²) in [7, 11) is 2.00. The van der Waals surface area contributed by atoms with E-state index in [9.17, 15) is 18.0 Å². The van der Waals surface area contributed by atoms with Crippen molar-refractivity contribution in [3.8, 4) is 0 Å². The number of nitrogens with one attached hydrogen (secondary N) is 1. The Labute approximate surface area is 190 Å². The lowest BCUT2D eigenvalue weighted by atomic mass is 9.60. The van der Waals surface area contributed by atoms with Crippen LogP contribution in [0.25, 0.3) is 0 Å². The maximum absolute atomic E-state index is 13.0. The number of carbonyl (C=O) groups excluding carboxylic acids is 1. The Morgan fingerprint density at radius 3 is 2.41 bits per heavy atom. The molecule has 7 heteroatoms. The van der Waals surface area contributed by atoms with Crippen LogP contribution in [0.15, 0.2) is 18.2 Å². The van der Waals surface area contributed by atoms with Gasteiger partial charge in [-0.25, -0.2) is 0 Å². The van der Waals surface area contributed by atoms with Crippen molar-refractivity contribution in [2.75, 3.05) is 32.4 Å². The predicted octanol–water partition coefficient (Wildman–Crippen LogP) is 5.41. The maximum atomic E-state index is 13.0. The van der Waals surface area contributed by atoms with Gasteiger partial charge in [0.2, 0.25) is 5.91 Å². The van der Waals surface area contributed by atoms with Crippen molar-refractivity contribution >= 4 is 11.6 Å². The molecule has 1 aromatic carbocycles. The highest BCUT2D eigenvalue weighted by molar-refractivity contribution is 5.82. The highest BCUT2D eigenvalue weighted by Gasteiger charge is 2.45. The molecular formula is C25H38F3N3O. The summed E-state index contributed by atoms with van der Waals surface area (Å²) in [5, 5.41) is 3.19. The van der Waals surface area contributed by atoms with E-state index in [2.05, 4.69) is 10.2 Å². The van der Waals surface area contributed by atoms with Gasteiger partial charge in [-0.1, -0.05) is 18.9 Å². The number of hydrogen-bond acceptors (Lipinski definition) is 3. The SMILES string of the molecule is CN(CCCCCCNC(=O)C12CCC(CC1)CC2)CCc1ccc(N)c(C(F)(F)F)c1. The third-order valence-corrected chi connectivity index (χ3v) is 7.53. The predicted molar refractivity (Wildman–Crippen MR) is 122 cm³/mol. The Morgan fingerprint density at radius 1 is 1.09 bits per heavy atom. The molecule has 0 unspecified atom stereocenters. The summed E-state index contributed by atoms with van der Waals surface area (Å²) in [4.78, 5) is 14.8. The van der Waals surface area contributed by atoms with Crippen LogP contribution in [-0.4, -0.2) is 37.5 Å². The molecule has 1 aromatic rings. The van der Waals surface area contributed by atoms with E-state index in [1.807, 2.05) is 7.05 Å². The Balaban J connectivity index is 1.25. The summed E-state index contributed by atoms with van der Waals surface area (Å²) >= 11 is 0. The summed E-state index contributed by atoms with van der Waals surface area (Å²) < 4.78 is 39.0. The number of benzene rings is 1. The number of alkyl halides is 3. The van der Waals surface area contributed by atoms with Gasteiger partial charge in [0, 0.05) is 24.2 Å². The monoisotopic (exact) mass is 453 g/mol. The van der Waals surface area contributed by atoms with Gasteiger partial charge in [-0.15, -0.1) is 0 Å². The molecule has 3 fully saturated rings. The molecule has 3 N–H and O–H groups in total. The number of unbranched alkanes of at least 4 members (excludes halogenated alkanes) is 3. The highest BCUT2D eigenvalue weighted by Crippen LogP contribution is 2.50. The minimum absolute atomic E-state index is 0.0667. The molecule has 0 radical (unpaired) electrons. The summed E-state index contributed by atoms with van der Waals surface area (Å²) in [6.45, 7) is 2.39. The van der Waals surface area contributed by atoms with Crippen molar-refractivity contribution in [2.45, 2.75) is 76.8 Å². The van der Waals surface area contributed by atoms with Gasteiger partial charge in [-0.2, -0.15) is 13.2 Å². The highest BCUT2D eigenvalue weighted by atomic mass is 19.4. The van der Waals surface area contributed by atoms with Crippen molar-refractivity contribution in [2.24, 2.45) is 11.3 Å². The fourth-order valence-corrected chi connectivity index (χ4v) is 5.28. The molecule has 32 heavy (non-hydrogen) atoms. The second-order valence-corrected chi connectivity index (χ2v) is 9.91. The second kappa shape index (κ2) is 10.9. The molecule has 0 aliphatic heterocycles. The third-order valence-electron chi connectivity index (χ3n) is 7.53. The van der Waals surface area contributed by atoms with Crippen LogP contribution in [0.4, 0.5) is 18.9 Å². The number of anilines is 1. The average Bonchev–Trinajstić information content (AvgIpc) is 2.78. The molecule has 1 amide bonds. The van der Waals surface area contributed by atoms with Crippen molar-refractivity contribution in [1.82, 2.24) is 10.2 Å². The second-order valence-electron chi connectivity index (χ2n) is 9.91. The zero-order chi connectivity index (χ0) is 23.2. The Bertz CT molecular complexity index is 744. The lowest BCUT2D eigenvalue weighted by Crippen LogP contribution is -2.46. The molecule has 0 saturated heterocycles. The van der Waals surface area contributed by atoms with Gasteiger partial charge >= 0.3 is 6.18 Å². The van der Waals surface area contributed by atoms with E-state index in [4.69, 9.17) is 5.73 Å². The first-order valence-corrected chi connectivity index (χ1v) is 12.1. The van der Waals surface area contributed by atoms with E-state index in [-0.39, 0.29) is 17.0 Å². The lowest BCUT2D eigenvalue weighted by Gasteiger charge is -2.45. The Morgan fingerprint density at radius 2 is 1.75 bits per heavy atom. The van der Waals surface area contributed by atoms with Crippen LogP contribution < -0.4 is 11.1 Å². The number of hydrogen-bond donors (Lipinski definition) is 2. The molecule has 4 rings (SSSR count). The molecule has 3 aliphatic carbocycles. The number of carbonyl (C=O) groups is 1. The molecule has 2 bridgehead atoms. The minimum Gasteiger partial charge on any atom is -0.398 e. The van der Waals surface area contributed by atoms with Crippen LogP contribution in [0, 0.1) is 11.3 Å². The average molecular weight is 454 g/mol. The third kappa shape index (κ3) is 6.63. The quantitative estimate of drug-likeness (QED) is 0.348. The van der Waals surface area contributed by atoms with E-state index >= 15 is 0 Å². The standard InChI is InChI=1S/C25H38F3N3O/c1-31(17-11-20-6-7-22(29)21(18-20)25(26,27)28)16-5-3-2-4-15-30-23(32)24-12-8-19(9-13-24)10-14-24/h6-7,18-19H,2-5,8-17,29H2,1H3,(H,30,32). The number of nitrogens with two attached hydrogens (primary N) is 1. The first kappa shape index (κ1) is 24.9. The molecule has 4 nitrogen and oxygen atoms in total. The van der Waals surface area contributed by atoms with Crippen molar-refractivity contribution in [3.63, 3.8) is 0 Å². The van der Waals surface area contributed by atoms with E-state index in [1.165, 1.54) is 25.3 Å². The van der Waals surface area contributed by atoms with E-state index in [1.54, 1.807) is 6.07 Å². The Hall–Kier alpha value is -1.76. The fourth-order valence-electron chi connectivity index (χ4n) is 5.28. The van der Waals surface area contributed by atoms with Crippen molar-refractivity contribution < 1.29 is 18.0 Å². The number of likely N-dealkylation sites (N-methyl/N-ethyl adjacent to an activating group) is 1. The normalized spacial score (nSPS) is 23.0. The van der Waals surface area contributed by atoms with Gasteiger partial charge in [0.25, 0.3) is 0 Å². The van der Waals surface area contributed by atoms with Crippen LogP contribution in [0.1, 0.15) is 75.3 Å². The van der Waals surface area contributed by atoms with Gasteiger partial charge < -0.3 is 16.0 Å². The first-order chi connectivity index (χ1) is 15.2. The van der Waals surface area contributed by atoms with E-state index in [0.29, 0.717) is 18.5 Å². The van der Waals surface area contributed by atoms with Crippen LogP contribution in [0.2, 0.25) is 0 Å². The molecule has 0 spiro atoms. The van der Waals surface area contributed by atoms with Crippen molar-refractivity contribution in [1.29, 1.82) is 0 Å². The zero-order valence-electron chi connectivity index (χ0n) is 19.3. The number of halogens is 3.